The van der Waals surface area contributed by atoms with Gasteiger partial charge in [0.25, 0.3) is 11.6 Å². The number of urea groups is 1. The van der Waals surface area contributed by atoms with Crippen molar-refractivity contribution in [2.24, 2.45) is 0 Å². The fourth-order valence-corrected chi connectivity index (χ4v) is 2.62. The number of carbonyl (C=O) groups is 2. The molecule has 2 aromatic rings. The summed E-state index contributed by atoms with van der Waals surface area (Å²) in [6, 6.07) is 6.42. The van der Waals surface area contributed by atoms with Gasteiger partial charge in [0, 0.05) is 16.7 Å². The number of halogens is 1. The third kappa shape index (κ3) is 3.33. The first-order valence-corrected chi connectivity index (χ1v) is 7.85. The molecule has 0 aromatic heterocycles. The first-order valence-electron chi connectivity index (χ1n) is 7.47. The number of nitro benzene ring substituents is 2. The number of rotatable bonds is 4. The number of nitrogens with zero attached hydrogens (tertiary/aromatic N) is 3. The number of hydrogen-bond donors (Lipinski definition) is 2. The molecule has 142 valence electrons. The van der Waals surface area contributed by atoms with Crippen LogP contribution in [0.15, 0.2) is 42.1 Å². The highest BCUT2D eigenvalue weighted by molar-refractivity contribution is 6.31. The fourth-order valence-electron chi connectivity index (χ4n) is 2.50. The lowest BCUT2D eigenvalue weighted by atomic mass is 10.1. The van der Waals surface area contributed by atoms with Crippen molar-refractivity contribution < 1.29 is 24.5 Å². The fraction of sp³-hybridized carbons (Fsp3) is 0. The minimum atomic E-state index is -1.00. The zero-order chi connectivity index (χ0) is 20.6. The van der Waals surface area contributed by atoms with Crippen molar-refractivity contribution in [2.45, 2.75) is 0 Å². The van der Waals surface area contributed by atoms with Crippen LogP contribution in [-0.4, -0.2) is 26.9 Å². The van der Waals surface area contributed by atoms with Gasteiger partial charge in [-0.25, -0.2) is 9.69 Å². The summed E-state index contributed by atoms with van der Waals surface area (Å²) in [6.07, 6.45) is 0.922. The van der Waals surface area contributed by atoms with Crippen LogP contribution in [0.3, 0.4) is 0 Å². The normalized spacial score (nSPS) is 15.0. The summed E-state index contributed by atoms with van der Waals surface area (Å²) >= 11 is 5.77. The Kier molecular flexibility index (Phi) is 4.67. The molecule has 0 atom stereocenters. The van der Waals surface area contributed by atoms with Crippen molar-refractivity contribution in [1.82, 2.24) is 5.32 Å². The molecular formula is C16H9ClN4O7. The predicted octanol–water partition coefficient (Wildman–Crippen LogP) is 2.96. The van der Waals surface area contributed by atoms with Gasteiger partial charge < -0.3 is 10.4 Å². The Labute approximate surface area is 160 Å². The van der Waals surface area contributed by atoms with Crippen LogP contribution in [0.2, 0.25) is 5.02 Å². The Bertz CT molecular complexity index is 1070. The second-order valence-corrected chi connectivity index (χ2v) is 5.96. The second-order valence-electron chi connectivity index (χ2n) is 5.52. The van der Waals surface area contributed by atoms with Gasteiger partial charge in [0.05, 0.1) is 21.6 Å². The number of benzene rings is 2. The maximum atomic E-state index is 12.5. The van der Waals surface area contributed by atoms with Crippen molar-refractivity contribution in [1.29, 1.82) is 0 Å². The number of hydrogen-bond acceptors (Lipinski definition) is 7. The topological polar surface area (TPSA) is 156 Å². The Morgan fingerprint density at radius 3 is 2.29 bits per heavy atom. The Balaban J connectivity index is 2.06. The molecule has 0 radical (unpaired) electrons. The van der Waals surface area contributed by atoms with Crippen LogP contribution in [0, 0.1) is 20.2 Å². The minimum Gasteiger partial charge on any atom is -0.502 e. The Morgan fingerprint density at radius 1 is 1.07 bits per heavy atom. The van der Waals surface area contributed by atoms with E-state index in [0.29, 0.717) is 11.1 Å². The van der Waals surface area contributed by atoms with Crippen LogP contribution in [0.5, 0.6) is 5.75 Å². The molecule has 11 nitrogen and oxygen atoms in total. The molecule has 1 heterocycles. The van der Waals surface area contributed by atoms with Gasteiger partial charge in [0.15, 0.2) is 0 Å². The van der Waals surface area contributed by atoms with Crippen LogP contribution in [0.25, 0.3) is 6.08 Å². The van der Waals surface area contributed by atoms with E-state index >= 15 is 0 Å². The van der Waals surface area contributed by atoms with E-state index in [4.69, 9.17) is 11.6 Å². The van der Waals surface area contributed by atoms with Crippen LogP contribution >= 0.6 is 11.6 Å². The first kappa shape index (κ1) is 18.8. The SMILES string of the molecule is O=C1N/C(=C/c2cc([N+](=O)[O-])cc([N+](=O)[O-])c2O)C(=O)N1c1ccc(Cl)cc1. The second kappa shape index (κ2) is 6.96. The lowest BCUT2D eigenvalue weighted by molar-refractivity contribution is -0.394. The Hall–Kier alpha value is -3.99. The van der Waals surface area contributed by atoms with Gasteiger partial charge >= 0.3 is 11.7 Å². The summed E-state index contributed by atoms with van der Waals surface area (Å²) in [7, 11) is 0. The van der Waals surface area contributed by atoms with Gasteiger partial charge in [-0.15, -0.1) is 0 Å². The molecule has 0 spiro atoms. The van der Waals surface area contributed by atoms with Crippen LogP contribution < -0.4 is 10.2 Å². The molecule has 0 saturated carbocycles. The molecule has 3 rings (SSSR count). The number of nitro groups is 2. The molecule has 3 amide bonds. The van der Waals surface area contributed by atoms with E-state index in [-0.39, 0.29) is 16.9 Å². The summed E-state index contributed by atoms with van der Waals surface area (Å²) in [6.45, 7) is 0. The molecule has 1 saturated heterocycles. The van der Waals surface area contributed by atoms with Crippen molar-refractivity contribution in [2.75, 3.05) is 4.90 Å². The molecule has 1 aliphatic rings. The summed E-state index contributed by atoms with van der Waals surface area (Å²) in [5.41, 5.74) is -2.06. The van der Waals surface area contributed by atoms with Gasteiger partial charge in [-0.2, -0.15) is 0 Å². The largest absolute Gasteiger partial charge is 0.502 e. The average molecular weight is 405 g/mol. The maximum absolute atomic E-state index is 12.5. The van der Waals surface area contributed by atoms with Gasteiger partial charge in [-0.1, -0.05) is 11.6 Å². The quantitative estimate of drug-likeness (QED) is 0.343. The van der Waals surface area contributed by atoms with Gasteiger partial charge in [0.1, 0.15) is 5.70 Å². The number of nitrogens with one attached hydrogen (secondary N) is 1. The molecule has 2 aromatic carbocycles. The minimum absolute atomic E-state index is 0.213. The van der Waals surface area contributed by atoms with E-state index in [1.54, 1.807) is 0 Å². The third-order valence-electron chi connectivity index (χ3n) is 3.77. The van der Waals surface area contributed by atoms with Crippen molar-refractivity contribution >= 4 is 46.7 Å². The van der Waals surface area contributed by atoms with Gasteiger partial charge in [-0.05, 0) is 30.3 Å². The molecule has 1 aliphatic heterocycles. The van der Waals surface area contributed by atoms with Crippen molar-refractivity contribution in [3.63, 3.8) is 0 Å². The van der Waals surface area contributed by atoms with Gasteiger partial charge in [-0.3, -0.25) is 25.0 Å². The summed E-state index contributed by atoms with van der Waals surface area (Å²) in [5, 5.41) is 34.7. The highest BCUT2D eigenvalue weighted by Gasteiger charge is 2.35. The molecule has 0 aliphatic carbocycles. The molecular weight excluding hydrogens is 396 g/mol. The molecule has 1 fully saturated rings. The highest BCUT2D eigenvalue weighted by atomic mass is 35.5. The van der Waals surface area contributed by atoms with E-state index in [9.17, 15) is 34.9 Å². The lowest BCUT2D eigenvalue weighted by Crippen LogP contribution is -2.30. The summed E-state index contributed by atoms with van der Waals surface area (Å²) < 4.78 is 0. The van der Waals surface area contributed by atoms with E-state index in [2.05, 4.69) is 5.32 Å². The molecule has 12 heteroatoms. The first-order chi connectivity index (χ1) is 13.2. The summed E-state index contributed by atoms with van der Waals surface area (Å²) in [4.78, 5) is 45.6. The zero-order valence-electron chi connectivity index (χ0n) is 13.7. The molecule has 0 unspecified atom stereocenters. The summed E-state index contributed by atoms with van der Waals surface area (Å²) in [5.74, 6) is -1.70. The van der Waals surface area contributed by atoms with E-state index in [1.807, 2.05) is 0 Å². The Morgan fingerprint density at radius 2 is 1.71 bits per heavy atom. The zero-order valence-corrected chi connectivity index (χ0v) is 14.4. The number of aromatic hydroxyl groups is 1. The van der Waals surface area contributed by atoms with Crippen molar-refractivity contribution in [3.8, 4) is 5.75 Å². The number of amides is 3. The van der Waals surface area contributed by atoms with E-state index in [1.165, 1.54) is 24.3 Å². The van der Waals surface area contributed by atoms with E-state index < -0.39 is 38.9 Å². The number of non-ortho nitro benzene ring substituents is 1. The highest BCUT2D eigenvalue weighted by Crippen LogP contribution is 2.36. The average Bonchev–Trinajstić information content (AvgIpc) is 2.90. The number of anilines is 1. The molecule has 0 bridgehead atoms. The number of carbonyl (C=O) groups excluding carboxylic acids is 2. The van der Waals surface area contributed by atoms with Crippen LogP contribution in [0.4, 0.5) is 21.9 Å². The van der Waals surface area contributed by atoms with Crippen molar-refractivity contribution in [3.05, 3.63) is 72.9 Å². The molecule has 2 N–H and O–H groups in total. The monoisotopic (exact) mass is 404 g/mol. The molecule has 28 heavy (non-hydrogen) atoms. The number of phenols is 1. The van der Waals surface area contributed by atoms with Crippen LogP contribution in [0.1, 0.15) is 5.56 Å². The third-order valence-corrected chi connectivity index (χ3v) is 4.03. The predicted molar refractivity (Wildman–Crippen MR) is 96.9 cm³/mol. The van der Waals surface area contributed by atoms with Gasteiger partial charge in [0.2, 0.25) is 5.75 Å². The number of imide groups is 1. The maximum Gasteiger partial charge on any atom is 0.333 e. The van der Waals surface area contributed by atoms with E-state index in [0.717, 1.165) is 17.0 Å². The lowest BCUT2D eigenvalue weighted by Gasteiger charge is -2.11. The standard InChI is InChI=1S/C16H9ClN4O7/c17-9-1-3-10(4-2-9)19-15(23)12(18-16(19)24)6-8-5-11(20(25)26)7-13(14(8)22)21(27)28/h1-7,22H,(H,18,24)/b12-6+. The number of phenolic OH excluding ortho intramolecular Hbond substituents is 1. The van der Waals surface area contributed by atoms with Crippen LogP contribution in [-0.2, 0) is 4.79 Å². The smallest absolute Gasteiger partial charge is 0.333 e.